The van der Waals surface area contributed by atoms with Crippen molar-refractivity contribution >= 4 is 5.69 Å². The Morgan fingerprint density at radius 1 is 1.39 bits per heavy atom. The molecule has 0 radical (unpaired) electrons. The summed E-state index contributed by atoms with van der Waals surface area (Å²) in [5, 5.41) is 9.94. The minimum atomic E-state index is -0.629. The second-order valence-electron chi connectivity index (χ2n) is 5.45. The van der Waals surface area contributed by atoms with Crippen molar-refractivity contribution in [2.45, 2.75) is 38.3 Å². The van der Waals surface area contributed by atoms with E-state index in [1.165, 1.54) is 6.07 Å². The lowest BCUT2D eigenvalue weighted by Crippen LogP contribution is -2.43. The molecule has 0 saturated carbocycles. The van der Waals surface area contributed by atoms with Crippen molar-refractivity contribution in [1.29, 1.82) is 0 Å². The first-order chi connectivity index (χ1) is 8.41. The van der Waals surface area contributed by atoms with E-state index in [2.05, 4.69) is 0 Å². The third-order valence-corrected chi connectivity index (χ3v) is 3.67. The Morgan fingerprint density at radius 2 is 2.00 bits per heavy atom. The zero-order chi connectivity index (χ0) is 13.3. The van der Waals surface area contributed by atoms with Crippen LogP contribution in [0.2, 0.25) is 0 Å². The summed E-state index contributed by atoms with van der Waals surface area (Å²) in [5.74, 6) is -0.230. The zero-order valence-electron chi connectivity index (χ0n) is 11.0. The SMILES string of the molecule is CC(N)c1cccc(F)c1N1CCC(C)(O)CC1. The maximum atomic E-state index is 14.0. The molecular weight excluding hydrogens is 231 g/mol. The van der Waals surface area contributed by atoms with Crippen molar-refractivity contribution in [1.82, 2.24) is 0 Å². The number of hydrogen-bond acceptors (Lipinski definition) is 3. The standard InChI is InChI=1S/C14H21FN2O/c1-10(16)11-4-3-5-12(15)13(11)17-8-6-14(2,18)7-9-17/h3-5,10,18H,6-9,16H2,1-2H3. The smallest absolute Gasteiger partial charge is 0.146 e. The minimum Gasteiger partial charge on any atom is -0.390 e. The summed E-state index contributed by atoms with van der Waals surface area (Å²) < 4.78 is 14.0. The van der Waals surface area contributed by atoms with Gasteiger partial charge >= 0.3 is 0 Å². The van der Waals surface area contributed by atoms with Gasteiger partial charge in [0.15, 0.2) is 0 Å². The summed E-state index contributed by atoms with van der Waals surface area (Å²) in [6.45, 7) is 5.01. The van der Waals surface area contributed by atoms with Gasteiger partial charge in [-0.2, -0.15) is 0 Å². The number of anilines is 1. The number of para-hydroxylation sites is 1. The van der Waals surface area contributed by atoms with Crippen LogP contribution in [0, 0.1) is 5.82 Å². The van der Waals surface area contributed by atoms with Crippen LogP contribution < -0.4 is 10.6 Å². The van der Waals surface area contributed by atoms with Gasteiger partial charge in [0.2, 0.25) is 0 Å². The van der Waals surface area contributed by atoms with Gasteiger partial charge in [0, 0.05) is 19.1 Å². The van der Waals surface area contributed by atoms with E-state index < -0.39 is 5.60 Å². The maximum Gasteiger partial charge on any atom is 0.146 e. The number of piperidine rings is 1. The van der Waals surface area contributed by atoms with Crippen LogP contribution in [0.3, 0.4) is 0 Å². The molecule has 100 valence electrons. The van der Waals surface area contributed by atoms with Gasteiger partial charge < -0.3 is 15.7 Å². The number of nitrogens with two attached hydrogens (primary N) is 1. The molecule has 0 amide bonds. The fraction of sp³-hybridized carbons (Fsp3) is 0.571. The van der Waals surface area contributed by atoms with E-state index in [0.717, 1.165) is 5.56 Å². The van der Waals surface area contributed by atoms with Crippen molar-refractivity contribution in [2.24, 2.45) is 5.73 Å². The Balaban J connectivity index is 2.28. The van der Waals surface area contributed by atoms with E-state index in [9.17, 15) is 9.50 Å². The fourth-order valence-corrected chi connectivity index (χ4v) is 2.45. The van der Waals surface area contributed by atoms with E-state index >= 15 is 0 Å². The first-order valence-corrected chi connectivity index (χ1v) is 6.42. The highest BCUT2D eigenvalue weighted by atomic mass is 19.1. The molecule has 1 atom stereocenters. The average Bonchev–Trinajstić information content (AvgIpc) is 2.29. The normalized spacial score (nSPS) is 20.8. The molecule has 1 unspecified atom stereocenters. The van der Waals surface area contributed by atoms with Gasteiger partial charge in [0.05, 0.1) is 11.3 Å². The molecule has 1 aliphatic heterocycles. The van der Waals surface area contributed by atoms with Gasteiger partial charge in [-0.3, -0.25) is 0 Å². The predicted molar refractivity (Wildman–Crippen MR) is 71.1 cm³/mol. The molecule has 1 aromatic carbocycles. The maximum absolute atomic E-state index is 14.0. The van der Waals surface area contributed by atoms with E-state index in [1.54, 1.807) is 6.07 Å². The van der Waals surface area contributed by atoms with Gasteiger partial charge in [-0.05, 0) is 38.3 Å². The lowest BCUT2D eigenvalue weighted by atomic mass is 9.92. The molecule has 0 bridgehead atoms. The Morgan fingerprint density at radius 3 is 2.56 bits per heavy atom. The Labute approximate surface area is 107 Å². The second-order valence-corrected chi connectivity index (χ2v) is 5.45. The van der Waals surface area contributed by atoms with Crippen molar-refractivity contribution in [3.63, 3.8) is 0 Å². The molecule has 3 N–H and O–H groups in total. The molecule has 2 rings (SSSR count). The molecule has 3 nitrogen and oxygen atoms in total. The van der Waals surface area contributed by atoms with Gasteiger partial charge in [-0.1, -0.05) is 12.1 Å². The number of hydrogen-bond donors (Lipinski definition) is 2. The van der Waals surface area contributed by atoms with Gasteiger partial charge in [0.1, 0.15) is 5.82 Å². The molecule has 0 spiro atoms. The van der Waals surface area contributed by atoms with Crippen molar-refractivity contribution in [3.8, 4) is 0 Å². The first kappa shape index (κ1) is 13.3. The topological polar surface area (TPSA) is 49.5 Å². The van der Waals surface area contributed by atoms with Gasteiger partial charge in [0.25, 0.3) is 0 Å². The molecule has 0 aromatic heterocycles. The molecule has 1 aromatic rings. The Bertz CT molecular complexity index is 422. The fourth-order valence-electron chi connectivity index (χ4n) is 2.45. The molecule has 1 aliphatic rings. The lowest BCUT2D eigenvalue weighted by Gasteiger charge is -2.38. The minimum absolute atomic E-state index is 0.196. The predicted octanol–water partition coefficient (Wildman–Crippen LogP) is 2.20. The Hall–Kier alpha value is -1.13. The van der Waals surface area contributed by atoms with Crippen LogP contribution in [0.15, 0.2) is 18.2 Å². The van der Waals surface area contributed by atoms with Crippen LogP contribution in [0.4, 0.5) is 10.1 Å². The van der Waals surface area contributed by atoms with Crippen LogP contribution in [0.5, 0.6) is 0 Å². The summed E-state index contributed by atoms with van der Waals surface area (Å²) in [4.78, 5) is 1.99. The second kappa shape index (κ2) is 4.86. The van der Waals surface area contributed by atoms with E-state index in [-0.39, 0.29) is 11.9 Å². The van der Waals surface area contributed by atoms with Gasteiger partial charge in [-0.25, -0.2) is 4.39 Å². The molecule has 4 heteroatoms. The van der Waals surface area contributed by atoms with E-state index in [0.29, 0.717) is 31.6 Å². The number of aliphatic hydroxyl groups is 1. The highest BCUT2D eigenvalue weighted by Gasteiger charge is 2.29. The Kier molecular flexibility index (Phi) is 3.59. The van der Waals surface area contributed by atoms with Crippen molar-refractivity contribution in [2.75, 3.05) is 18.0 Å². The quantitative estimate of drug-likeness (QED) is 0.848. The van der Waals surface area contributed by atoms with E-state index in [1.807, 2.05) is 24.8 Å². The molecule has 1 heterocycles. The molecular formula is C14H21FN2O. The first-order valence-electron chi connectivity index (χ1n) is 6.42. The largest absolute Gasteiger partial charge is 0.390 e. The zero-order valence-corrected chi connectivity index (χ0v) is 11.0. The molecule has 1 saturated heterocycles. The number of rotatable bonds is 2. The lowest BCUT2D eigenvalue weighted by molar-refractivity contribution is 0.0350. The molecule has 1 fully saturated rings. The van der Waals surface area contributed by atoms with Crippen LogP contribution in [-0.2, 0) is 0 Å². The van der Waals surface area contributed by atoms with Crippen LogP contribution in [0.25, 0.3) is 0 Å². The highest BCUT2D eigenvalue weighted by Crippen LogP contribution is 2.32. The third kappa shape index (κ3) is 2.65. The van der Waals surface area contributed by atoms with Crippen LogP contribution in [0.1, 0.15) is 38.3 Å². The highest BCUT2D eigenvalue weighted by molar-refractivity contribution is 5.56. The third-order valence-electron chi connectivity index (χ3n) is 3.67. The summed E-state index contributed by atoms with van der Waals surface area (Å²) >= 11 is 0. The number of benzene rings is 1. The summed E-state index contributed by atoms with van der Waals surface area (Å²) in [7, 11) is 0. The van der Waals surface area contributed by atoms with Crippen LogP contribution in [-0.4, -0.2) is 23.8 Å². The van der Waals surface area contributed by atoms with E-state index in [4.69, 9.17) is 5.73 Å². The van der Waals surface area contributed by atoms with Gasteiger partial charge in [-0.15, -0.1) is 0 Å². The molecule has 0 aliphatic carbocycles. The summed E-state index contributed by atoms with van der Waals surface area (Å²) in [6.07, 6.45) is 1.31. The molecule has 18 heavy (non-hydrogen) atoms. The average molecular weight is 252 g/mol. The van der Waals surface area contributed by atoms with Crippen LogP contribution >= 0.6 is 0 Å². The van der Waals surface area contributed by atoms with Crippen molar-refractivity contribution < 1.29 is 9.50 Å². The summed E-state index contributed by atoms with van der Waals surface area (Å²) in [5.41, 5.74) is 6.70. The number of nitrogens with zero attached hydrogens (tertiary/aromatic N) is 1. The van der Waals surface area contributed by atoms with Crippen molar-refractivity contribution in [3.05, 3.63) is 29.6 Å². The monoisotopic (exact) mass is 252 g/mol. The number of halogens is 1. The summed E-state index contributed by atoms with van der Waals surface area (Å²) in [6, 6.07) is 4.83.